The molecule has 288 valence electrons. The van der Waals surface area contributed by atoms with Crippen molar-refractivity contribution in [3.8, 4) is 11.1 Å². The standard InChI is InChI=1S/C39H30N2S.C8H10.C6H6.C2H6/c1-25(24-35(40)26-12-4-2-5-13-26)28-20-21-31(30-17-9-8-16-29(28)30)32-22-23-34(38(41)27-14-6-3-7-15-27)37-33-18-10-11-19-36(33)42-39(32)37;1-2-8-6-4-3-5-7-8;1-2-4-6-5-3-1;1-2/h2-24,38,40H,41H2,1H3;3-7H,2H2,1H3;1-6H;1-2H3/b25-24+,40-35?;;;. The van der Waals surface area contributed by atoms with Crippen LogP contribution in [-0.2, 0) is 6.42 Å². The summed E-state index contributed by atoms with van der Waals surface area (Å²) in [6, 6.07) is 68.7. The summed E-state index contributed by atoms with van der Waals surface area (Å²) in [6.07, 6.45) is 3.11. The average molecular weight is 773 g/mol. The van der Waals surface area contributed by atoms with Gasteiger partial charge in [0.2, 0.25) is 0 Å². The molecular weight excluding hydrogens is 721 g/mol. The fraction of sp³-hybridized carbons (Fsp3) is 0.109. The molecule has 8 aromatic carbocycles. The maximum Gasteiger partial charge on any atom is 0.0615 e. The van der Waals surface area contributed by atoms with Gasteiger partial charge in [0.1, 0.15) is 0 Å². The van der Waals surface area contributed by atoms with E-state index < -0.39 is 0 Å². The highest BCUT2D eigenvalue weighted by Gasteiger charge is 2.20. The average Bonchev–Trinajstić information content (AvgIpc) is 3.71. The Hall–Kier alpha value is -6.39. The Balaban J connectivity index is 0.000000296. The Bertz CT molecular complexity index is 2670. The topological polar surface area (TPSA) is 49.9 Å². The Kier molecular flexibility index (Phi) is 14.7. The Morgan fingerprint density at radius 3 is 1.67 bits per heavy atom. The van der Waals surface area contributed by atoms with Gasteiger partial charge in [0.15, 0.2) is 0 Å². The van der Waals surface area contributed by atoms with E-state index in [9.17, 15) is 0 Å². The van der Waals surface area contributed by atoms with Gasteiger partial charge in [-0.3, -0.25) is 0 Å². The largest absolute Gasteiger partial charge is 0.320 e. The van der Waals surface area contributed by atoms with Crippen molar-refractivity contribution in [2.45, 2.75) is 40.2 Å². The van der Waals surface area contributed by atoms with Gasteiger partial charge >= 0.3 is 0 Å². The zero-order valence-electron chi connectivity index (χ0n) is 33.9. The summed E-state index contributed by atoms with van der Waals surface area (Å²) in [7, 11) is 0. The monoisotopic (exact) mass is 772 g/mol. The number of benzene rings is 8. The highest BCUT2D eigenvalue weighted by molar-refractivity contribution is 7.26. The van der Waals surface area contributed by atoms with Crippen LogP contribution in [0.5, 0.6) is 0 Å². The van der Waals surface area contributed by atoms with Crippen molar-refractivity contribution in [2.24, 2.45) is 5.73 Å². The van der Waals surface area contributed by atoms with E-state index in [1.165, 1.54) is 47.6 Å². The minimum absolute atomic E-state index is 0.215. The van der Waals surface area contributed by atoms with Crippen molar-refractivity contribution >= 4 is 53.6 Å². The van der Waals surface area contributed by atoms with Crippen LogP contribution in [0.3, 0.4) is 0 Å². The molecule has 0 saturated carbocycles. The van der Waals surface area contributed by atoms with Gasteiger partial charge in [0.05, 0.1) is 11.8 Å². The summed E-state index contributed by atoms with van der Waals surface area (Å²) < 4.78 is 2.52. The van der Waals surface area contributed by atoms with Crippen LogP contribution in [0, 0.1) is 5.41 Å². The Morgan fingerprint density at radius 2 is 1.07 bits per heavy atom. The number of allylic oxidation sites excluding steroid dienone is 2. The van der Waals surface area contributed by atoms with Crippen molar-refractivity contribution < 1.29 is 0 Å². The maximum atomic E-state index is 8.67. The third kappa shape index (κ3) is 9.76. The van der Waals surface area contributed by atoms with Crippen LogP contribution in [0.15, 0.2) is 206 Å². The van der Waals surface area contributed by atoms with E-state index in [2.05, 4.69) is 135 Å². The highest BCUT2D eigenvalue weighted by atomic mass is 32.1. The van der Waals surface area contributed by atoms with Crippen LogP contribution >= 0.6 is 11.3 Å². The minimum Gasteiger partial charge on any atom is -0.320 e. The lowest BCUT2D eigenvalue weighted by Crippen LogP contribution is -2.12. The molecule has 0 aliphatic rings. The third-order valence-corrected chi connectivity index (χ3v) is 11.3. The predicted molar refractivity (Wildman–Crippen MR) is 255 cm³/mol. The Labute approximate surface area is 348 Å². The van der Waals surface area contributed by atoms with Crippen LogP contribution < -0.4 is 5.73 Å². The third-order valence-electron chi connectivity index (χ3n) is 10.1. The SMILES string of the molecule is C/C(=C\C(=N)c1ccccc1)c1ccc(-c2ccc(C(N)c3ccccc3)c3c2sc2ccccc23)c2ccccc12.CC.CCc1ccccc1.c1ccccc1. The van der Waals surface area contributed by atoms with Gasteiger partial charge in [0.25, 0.3) is 0 Å². The molecule has 0 radical (unpaired) electrons. The van der Waals surface area contributed by atoms with Crippen LogP contribution in [0.1, 0.15) is 61.6 Å². The number of aryl methyl sites for hydroxylation is 1. The van der Waals surface area contributed by atoms with E-state index in [1.807, 2.05) is 110 Å². The van der Waals surface area contributed by atoms with Crippen LogP contribution in [0.2, 0.25) is 0 Å². The molecule has 9 rings (SSSR count). The normalized spacial score (nSPS) is 11.4. The molecule has 1 aromatic heterocycles. The summed E-state index contributed by atoms with van der Waals surface area (Å²) >= 11 is 1.84. The second-order valence-electron chi connectivity index (χ2n) is 13.7. The van der Waals surface area contributed by atoms with E-state index in [0.717, 1.165) is 34.2 Å². The Morgan fingerprint density at radius 1 is 0.569 bits per heavy atom. The van der Waals surface area contributed by atoms with Crippen molar-refractivity contribution in [1.82, 2.24) is 0 Å². The molecule has 9 aromatic rings. The number of hydrogen-bond donors (Lipinski definition) is 2. The number of thiophene rings is 1. The van der Waals surface area contributed by atoms with Gasteiger partial charge in [-0.05, 0) is 75.2 Å². The summed E-state index contributed by atoms with van der Waals surface area (Å²) in [5.41, 5.74) is 16.7. The second kappa shape index (κ2) is 20.7. The quantitative estimate of drug-likeness (QED) is 0.156. The van der Waals surface area contributed by atoms with Crippen molar-refractivity contribution in [2.75, 3.05) is 0 Å². The summed E-state index contributed by atoms with van der Waals surface area (Å²) in [6.45, 7) is 8.26. The molecule has 0 amide bonds. The van der Waals surface area contributed by atoms with E-state index in [-0.39, 0.29) is 6.04 Å². The van der Waals surface area contributed by atoms with Gasteiger partial charge in [-0.1, -0.05) is 215 Å². The summed E-state index contributed by atoms with van der Waals surface area (Å²) in [4.78, 5) is 0. The first-order valence-electron chi connectivity index (χ1n) is 20.2. The van der Waals surface area contributed by atoms with E-state index >= 15 is 0 Å². The second-order valence-corrected chi connectivity index (χ2v) is 14.8. The summed E-state index contributed by atoms with van der Waals surface area (Å²) in [5.74, 6) is 0. The molecule has 2 nitrogen and oxygen atoms in total. The molecular formula is C55H52N2S. The molecule has 0 saturated heterocycles. The van der Waals surface area contributed by atoms with Gasteiger partial charge in [-0.15, -0.1) is 11.3 Å². The highest BCUT2D eigenvalue weighted by Crippen LogP contribution is 2.45. The van der Waals surface area contributed by atoms with Crippen molar-refractivity contribution in [3.05, 3.63) is 234 Å². The molecule has 0 bridgehead atoms. The predicted octanol–water partition coefficient (Wildman–Crippen LogP) is 15.4. The number of rotatable bonds is 7. The molecule has 1 heterocycles. The van der Waals surface area contributed by atoms with Gasteiger partial charge in [0, 0.05) is 25.7 Å². The number of nitrogens with one attached hydrogen (secondary N) is 1. The van der Waals surface area contributed by atoms with Crippen molar-refractivity contribution in [1.29, 1.82) is 5.41 Å². The first-order chi connectivity index (χ1) is 28.5. The lowest BCUT2D eigenvalue weighted by atomic mass is 9.89. The lowest BCUT2D eigenvalue weighted by molar-refractivity contribution is 0.882. The number of nitrogens with two attached hydrogens (primary N) is 1. The van der Waals surface area contributed by atoms with E-state index in [4.69, 9.17) is 11.1 Å². The molecule has 3 N–H and O–H groups in total. The fourth-order valence-electron chi connectivity index (χ4n) is 7.14. The first kappa shape index (κ1) is 41.2. The van der Waals surface area contributed by atoms with Crippen molar-refractivity contribution in [3.63, 3.8) is 0 Å². The summed E-state index contributed by atoms with van der Waals surface area (Å²) in [5, 5.41) is 13.5. The molecule has 0 aliphatic carbocycles. The molecule has 3 heteroatoms. The molecule has 0 aliphatic heterocycles. The molecule has 0 spiro atoms. The van der Waals surface area contributed by atoms with E-state index in [1.54, 1.807) is 0 Å². The van der Waals surface area contributed by atoms with Gasteiger partial charge < -0.3 is 11.1 Å². The molecule has 1 unspecified atom stereocenters. The lowest BCUT2D eigenvalue weighted by Gasteiger charge is -2.17. The van der Waals surface area contributed by atoms with Gasteiger partial charge in [-0.25, -0.2) is 0 Å². The number of fused-ring (bicyclic) bond motifs is 4. The van der Waals surface area contributed by atoms with Crippen LogP contribution in [-0.4, -0.2) is 5.71 Å². The smallest absolute Gasteiger partial charge is 0.0615 e. The van der Waals surface area contributed by atoms with E-state index in [0.29, 0.717) is 5.71 Å². The van der Waals surface area contributed by atoms with Gasteiger partial charge in [-0.2, -0.15) is 0 Å². The fourth-order valence-corrected chi connectivity index (χ4v) is 8.40. The maximum absolute atomic E-state index is 8.67. The molecule has 1 atom stereocenters. The molecule has 58 heavy (non-hydrogen) atoms. The van der Waals surface area contributed by atoms with Crippen LogP contribution in [0.4, 0.5) is 0 Å². The van der Waals surface area contributed by atoms with Crippen LogP contribution in [0.25, 0.3) is 47.6 Å². The number of hydrogen-bond acceptors (Lipinski definition) is 3. The first-order valence-corrected chi connectivity index (χ1v) is 21.0. The zero-order valence-corrected chi connectivity index (χ0v) is 34.7. The molecule has 0 fully saturated rings. The minimum atomic E-state index is -0.215. The zero-order chi connectivity index (χ0) is 40.7.